The lowest BCUT2D eigenvalue weighted by molar-refractivity contribution is -0.390. The molecule has 0 aliphatic carbocycles. The fourth-order valence-electron chi connectivity index (χ4n) is 1.24. The average molecular weight is 262 g/mol. The average Bonchev–Trinajstić information content (AvgIpc) is 2.35. The topological polar surface area (TPSA) is 91.6 Å². The molecule has 1 aromatic heterocycles. The Balaban J connectivity index is 3.53. The van der Waals surface area contributed by atoms with Crippen molar-refractivity contribution in [3.63, 3.8) is 0 Å². The molecule has 1 aromatic rings. The van der Waals surface area contributed by atoms with Gasteiger partial charge in [-0.3, -0.25) is 0 Å². The number of nitro groups is 1. The van der Waals surface area contributed by atoms with Crippen LogP contribution in [0.3, 0.4) is 0 Å². The molecule has 0 aromatic carbocycles. The third-order valence-corrected chi connectivity index (χ3v) is 1.99. The van der Waals surface area contributed by atoms with Crippen LogP contribution in [0.25, 0.3) is 0 Å². The first kappa shape index (κ1) is 13.7. The van der Waals surface area contributed by atoms with E-state index in [1.807, 2.05) is 0 Å². The number of ether oxygens (including phenoxy) is 2. The summed E-state index contributed by atoms with van der Waals surface area (Å²) in [5, 5.41) is 10.7. The van der Waals surface area contributed by atoms with E-state index in [9.17, 15) is 23.7 Å². The first-order valence-corrected chi connectivity index (χ1v) is 4.52. The van der Waals surface area contributed by atoms with Crippen molar-refractivity contribution < 1.29 is 28.0 Å². The highest BCUT2D eigenvalue weighted by Crippen LogP contribution is 2.35. The van der Waals surface area contributed by atoms with Crippen LogP contribution in [-0.4, -0.2) is 30.1 Å². The van der Waals surface area contributed by atoms with Gasteiger partial charge in [-0.25, -0.2) is 13.6 Å². The van der Waals surface area contributed by atoms with E-state index in [0.717, 1.165) is 14.2 Å². The Morgan fingerprint density at radius 3 is 2.50 bits per heavy atom. The fraction of sp³-hybridized carbons (Fsp3) is 0.333. The number of hydrogen-bond donors (Lipinski definition) is 0. The summed E-state index contributed by atoms with van der Waals surface area (Å²) in [5.74, 6) is -2.69. The Morgan fingerprint density at radius 1 is 1.50 bits per heavy atom. The van der Waals surface area contributed by atoms with E-state index in [-0.39, 0.29) is 0 Å². The van der Waals surface area contributed by atoms with Crippen LogP contribution in [0.2, 0.25) is 0 Å². The molecule has 7 nitrogen and oxygen atoms in total. The Kier molecular flexibility index (Phi) is 4.08. The lowest BCUT2D eigenvalue weighted by Crippen LogP contribution is -2.09. The maximum absolute atomic E-state index is 12.7. The van der Waals surface area contributed by atoms with Gasteiger partial charge in [0.2, 0.25) is 5.75 Å². The molecule has 1 heterocycles. The number of hydrogen-bond acceptors (Lipinski definition) is 6. The first-order chi connectivity index (χ1) is 8.42. The third-order valence-electron chi connectivity index (χ3n) is 1.99. The van der Waals surface area contributed by atoms with E-state index in [1.165, 1.54) is 0 Å². The zero-order chi connectivity index (χ0) is 13.9. The largest absolute Gasteiger partial charge is 0.489 e. The zero-order valence-electron chi connectivity index (χ0n) is 9.35. The summed E-state index contributed by atoms with van der Waals surface area (Å²) >= 11 is 0. The lowest BCUT2D eigenvalue weighted by atomic mass is 10.2. The Labute approximate surface area is 99.5 Å². The summed E-state index contributed by atoms with van der Waals surface area (Å²) in [6.45, 7) is 0. The van der Waals surface area contributed by atoms with Crippen molar-refractivity contribution in [1.82, 2.24) is 4.98 Å². The molecule has 0 bridgehead atoms. The van der Waals surface area contributed by atoms with Crippen molar-refractivity contribution in [3.05, 3.63) is 27.4 Å². The van der Waals surface area contributed by atoms with Gasteiger partial charge in [-0.05, 0) is 9.91 Å². The van der Waals surface area contributed by atoms with Crippen LogP contribution in [0, 0.1) is 10.1 Å². The minimum absolute atomic E-state index is 0.583. The quantitative estimate of drug-likeness (QED) is 0.466. The van der Waals surface area contributed by atoms with E-state index >= 15 is 0 Å². The number of nitrogens with zero attached hydrogens (tertiary/aromatic N) is 2. The SMILES string of the molecule is COC(=O)c1cc(C(F)F)c(OC)c([N+](=O)[O-])n1. The number of alkyl halides is 2. The number of carbonyl (C=O) groups excluding carboxylic acids is 1. The summed E-state index contributed by atoms with van der Waals surface area (Å²) in [7, 11) is 2.00. The zero-order valence-corrected chi connectivity index (χ0v) is 9.35. The minimum Gasteiger partial charge on any atom is -0.489 e. The Morgan fingerprint density at radius 2 is 2.11 bits per heavy atom. The molecule has 0 amide bonds. The minimum atomic E-state index is -3.05. The highest BCUT2D eigenvalue weighted by Gasteiger charge is 2.30. The molecular formula is C9H8F2N2O5. The number of methoxy groups -OCH3 is 2. The highest BCUT2D eigenvalue weighted by atomic mass is 19.3. The molecule has 0 aliphatic heterocycles. The van der Waals surface area contributed by atoms with Crippen LogP contribution in [0.4, 0.5) is 14.6 Å². The molecule has 0 N–H and O–H groups in total. The van der Waals surface area contributed by atoms with Crippen molar-refractivity contribution in [3.8, 4) is 5.75 Å². The predicted octanol–water partition coefficient (Wildman–Crippen LogP) is 1.72. The van der Waals surface area contributed by atoms with Gasteiger partial charge in [0, 0.05) is 6.07 Å². The molecule has 98 valence electrons. The molecule has 0 aliphatic rings. The number of carbonyl (C=O) groups is 1. The fourth-order valence-corrected chi connectivity index (χ4v) is 1.24. The van der Waals surface area contributed by atoms with Crippen LogP contribution < -0.4 is 4.74 Å². The maximum atomic E-state index is 12.7. The van der Waals surface area contributed by atoms with Gasteiger partial charge in [0.25, 0.3) is 12.1 Å². The molecule has 18 heavy (non-hydrogen) atoms. The van der Waals surface area contributed by atoms with Crippen LogP contribution in [0.15, 0.2) is 6.07 Å². The smallest absolute Gasteiger partial charge is 0.407 e. The second-order valence-corrected chi connectivity index (χ2v) is 3.00. The molecule has 0 radical (unpaired) electrons. The van der Waals surface area contributed by atoms with E-state index in [1.54, 1.807) is 0 Å². The molecule has 1 rings (SSSR count). The second-order valence-electron chi connectivity index (χ2n) is 3.00. The third kappa shape index (κ3) is 2.50. The summed E-state index contributed by atoms with van der Waals surface area (Å²) in [4.78, 5) is 24.2. The molecule has 0 unspecified atom stereocenters. The number of pyridine rings is 1. The molecule has 0 saturated heterocycles. The van der Waals surface area contributed by atoms with Crippen molar-refractivity contribution >= 4 is 11.8 Å². The van der Waals surface area contributed by atoms with Crippen molar-refractivity contribution in [2.45, 2.75) is 6.43 Å². The summed E-state index contributed by atoms with van der Waals surface area (Å²) in [6, 6.07) is 0.697. The van der Waals surface area contributed by atoms with Gasteiger partial charge in [-0.15, -0.1) is 0 Å². The maximum Gasteiger partial charge on any atom is 0.407 e. The lowest BCUT2D eigenvalue weighted by Gasteiger charge is -2.08. The van der Waals surface area contributed by atoms with E-state index in [0.29, 0.717) is 6.07 Å². The molecule has 0 atom stereocenters. The molecule has 9 heteroatoms. The van der Waals surface area contributed by atoms with Gasteiger partial charge < -0.3 is 19.6 Å². The van der Waals surface area contributed by atoms with Crippen molar-refractivity contribution in [1.29, 1.82) is 0 Å². The highest BCUT2D eigenvalue weighted by molar-refractivity contribution is 5.88. The van der Waals surface area contributed by atoms with E-state index in [2.05, 4.69) is 14.5 Å². The van der Waals surface area contributed by atoms with Gasteiger partial charge >= 0.3 is 11.8 Å². The standard InChI is InChI=1S/C9H8F2N2O5/c1-17-6-4(7(10)11)3-5(9(14)18-2)12-8(6)13(15)16/h3,7H,1-2H3. The number of rotatable bonds is 4. The summed E-state index contributed by atoms with van der Waals surface area (Å²) in [6.07, 6.45) is -3.05. The van der Waals surface area contributed by atoms with Gasteiger partial charge in [-0.2, -0.15) is 0 Å². The summed E-state index contributed by atoms with van der Waals surface area (Å²) in [5.41, 5.74) is -1.38. The molecule has 0 fully saturated rings. The first-order valence-electron chi connectivity index (χ1n) is 4.52. The normalized spacial score (nSPS) is 10.3. The van der Waals surface area contributed by atoms with Crippen LogP contribution in [0.1, 0.15) is 22.5 Å². The Bertz CT molecular complexity index is 492. The van der Waals surface area contributed by atoms with Crippen LogP contribution in [-0.2, 0) is 4.74 Å². The van der Waals surface area contributed by atoms with Gasteiger partial charge in [0.15, 0.2) is 0 Å². The number of esters is 1. The number of halogens is 2. The Hall–Kier alpha value is -2.32. The van der Waals surface area contributed by atoms with Crippen LogP contribution >= 0.6 is 0 Å². The summed E-state index contributed by atoms with van der Waals surface area (Å²) < 4.78 is 34.2. The van der Waals surface area contributed by atoms with Gasteiger partial charge in [0.05, 0.1) is 19.8 Å². The van der Waals surface area contributed by atoms with E-state index < -0.39 is 40.1 Å². The molecule has 0 saturated carbocycles. The molecule has 0 spiro atoms. The predicted molar refractivity (Wildman–Crippen MR) is 53.7 cm³/mol. The second kappa shape index (κ2) is 5.34. The number of aromatic nitrogens is 1. The van der Waals surface area contributed by atoms with Gasteiger partial charge in [0.1, 0.15) is 0 Å². The molecular weight excluding hydrogens is 254 g/mol. The van der Waals surface area contributed by atoms with E-state index in [4.69, 9.17) is 0 Å². The monoisotopic (exact) mass is 262 g/mol. The van der Waals surface area contributed by atoms with Crippen LogP contribution in [0.5, 0.6) is 5.75 Å². The van der Waals surface area contributed by atoms with Crippen molar-refractivity contribution in [2.75, 3.05) is 14.2 Å². The van der Waals surface area contributed by atoms with Crippen molar-refractivity contribution in [2.24, 2.45) is 0 Å². The van der Waals surface area contributed by atoms with Gasteiger partial charge in [-0.1, -0.05) is 0 Å².